The van der Waals surface area contributed by atoms with Crippen LogP contribution < -0.4 is 14.8 Å². The number of aryl methyl sites for hydroxylation is 1. The Labute approximate surface area is 166 Å². The van der Waals surface area contributed by atoms with Crippen LogP contribution in [0.5, 0.6) is 11.5 Å². The number of hydrogen-bond donors (Lipinski definition) is 2. The second kappa shape index (κ2) is 10.7. The molecular formula is C21H32N2O3S. The maximum Gasteiger partial charge on any atom is 0.161 e. The standard InChI is InChI=1S/C21H32N2O3S/c1-15(2)23(4)13-18(24)14-26-21-10-17(7-9-20(21)25-5)11-22-12-19-8-6-16(3)27-19/h6-10,15,18,22,24H,11-14H2,1-5H3/t18-/m1/s1. The number of methoxy groups -OCH3 is 1. The van der Waals surface area contributed by atoms with Crippen molar-refractivity contribution in [3.05, 3.63) is 45.6 Å². The lowest BCUT2D eigenvalue weighted by Gasteiger charge is -2.24. The van der Waals surface area contributed by atoms with E-state index in [1.807, 2.05) is 36.6 Å². The molecule has 6 heteroatoms. The first-order valence-electron chi connectivity index (χ1n) is 9.33. The average molecular weight is 393 g/mol. The third kappa shape index (κ3) is 7.14. The molecule has 27 heavy (non-hydrogen) atoms. The summed E-state index contributed by atoms with van der Waals surface area (Å²) in [5, 5.41) is 13.7. The number of nitrogens with zero attached hydrogens (tertiary/aromatic N) is 1. The molecule has 2 N–H and O–H groups in total. The third-order valence-electron chi connectivity index (χ3n) is 4.46. The SMILES string of the molecule is COc1ccc(CNCc2ccc(C)s2)cc1OC[C@H](O)CN(C)C(C)C. The van der Waals surface area contributed by atoms with Gasteiger partial charge in [0.2, 0.25) is 0 Å². The van der Waals surface area contributed by atoms with Gasteiger partial charge in [0.1, 0.15) is 12.7 Å². The number of likely N-dealkylation sites (N-methyl/N-ethyl adjacent to an activating group) is 1. The minimum absolute atomic E-state index is 0.235. The zero-order chi connectivity index (χ0) is 19.8. The molecule has 1 atom stereocenters. The monoisotopic (exact) mass is 392 g/mol. The van der Waals surface area contributed by atoms with Crippen molar-refractivity contribution in [3.63, 3.8) is 0 Å². The molecule has 0 bridgehead atoms. The first-order valence-corrected chi connectivity index (χ1v) is 10.1. The van der Waals surface area contributed by atoms with Crippen LogP contribution in [0.4, 0.5) is 0 Å². The predicted octanol–water partition coefficient (Wildman–Crippen LogP) is 3.43. The molecular weight excluding hydrogens is 360 g/mol. The van der Waals surface area contributed by atoms with Crippen molar-refractivity contribution in [1.82, 2.24) is 10.2 Å². The van der Waals surface area contributed by atoms with E-state index in [1.54, 1.807) is 7.11 Å². The van der Waals surface area contributed by atoms with Gasteiger partial charge in [0.15, 0.2) is 11.5 Å². The molecule has 0 amide bonds. The second-order valence-corrected chi connectivity index (χ2v) is 8.47. The normalized spacial score (nSPS) is 12.6. The molecule has 0 aliphatic heterocycles. The first-order chi connectivity index (χ1) is 12.9. The Hall–Kier alpha value is -1.60. The summed E-state index contributed by atoms with van der Waals surface area (Å²) < 4.78 is 11.2. The molecule has 0 saturated heterocycles. The van der Waals surface area contributed by atoms with E-state index in [2.05, 4.69) is 43.1 Å². The fourth-order valence-electron chi connectivity index (χ4n) is 2.64. The summed E-state index contributed by atoms with van der Waals surface area (Å²) >= 11 is 1.81. The van der Waals surface area contributed by atoms with E-state index in [4.69, 9.17) is 9.47 Å². The van der Waals surface area contributed by atoms with Gasteiger partial charge >= 0.3 is 0 Å². The molecule has 0 aliphatic carbocycles. The van der Waals surface area contributed by atoms with Gasteiger partial charge in [-0.3, -0.25) is 0 Å². The molecule has 150 valence electrons. The molecule has 5 nitrogen and oxygen atoms in total. The van der Waals surface area contributed by atoms with Crippen molar-refractivity contribution in [1.29, 1.82) is 0 Å². The zero-order valence-corrected chi connectivity index (χ0v) is 17.8. The molecule has 0 saturated carbocycles. The van der Waals surface area contributed by atoms with E-state index < -0.39 is 6.10 Å². The van der Waals surface area contributed by atoms with Crippen LogP contribution >= 0.6 is 11.3 Å². The summed E-state index contributed by atoms with van der Waals surface area (Å²) in [5.74, 6) is 1.34. The number of aliphatic hydroxyl groups is 1. The van der Waals surface area contributed by atoms with Crippen LogP contribution in [0.1, 0.15) is 29.2 Å². The highest BCUT2D eigenvalue weighted by molar-refractivity contribution is 7.11. The Bertz CT molecular complexity index is 702. The van der Waals surface area contributed by atoms with Gasteiger partial charge in [0.05, 0.1) is 7.11 Å². The van der Waals surface area contributed by atoms with Gasteiger partial charge < -0.3 is 24.8 Å². The van der Waals surface area contributed by atoms with Gasteiger partial charge in [-0.15, -0.1) is 11.3 Å². The van der Waals surface area contributed by atoms with E-state index in [1.165, 1.54) is 9.75 Å². The lowest BCUT2D eigenvalue weighted by atomic mass is 10.2. The number of thiophene rings is 1. The number of nitrogens with one attached hydrogen (secondary N) is 1. The van der Waals surface area contributed by atoms with Crippen molar-refractivity contribution in [2.45, 2.75) is 46.0 Å². The van der Waals surface area contributed by atoms with E-state index in [-0.39, 0.29) is 6.61 Å². The van der Waals surface area contributed by atoms with Crippen molar-refractivity contribution in [2.75, 3.05) is 27.3 Å². The smallest absolute Gasteiger partial charge is 0.161 e. The highest BCUT2D eigenvalue weighted by Gasteiger charge is 2.13. The van der Waals surface area contributed by atoms with Gasteiger partial charge in [-0.25, -0.2) is 0 Å². The highest BCUT2D eigenvalue weighted by atomic mass is 32.1. The average Bonchev–Trinajstić information content (AvgIpc) is 3.05. The molecule has 1 aromatic carbocycles. The summed E-state index contributed by atoms with van der Waals surface area (Å²) in [4.78, 5) is 4.75. The molecule has 0 fully saturated rings. The van der Waals surface area contributed by atoms with Crippen LogP contribution in [0, 0.1) is 6.92 Å². The Morgan fingerprint density at radius 2 is 1.93 bits per heavy atom. The van der Waals surface area contributed by atoms with E-state index >= 15 is 0 Å². The predicted molar refractivity (Wildman–Crippen MR) is 112 cm³/mol. The van der Waals surface area contributed by atoms with Crippen molar-refractivity contribution in [3.8, 4) is 11.5 Å². The number of aliphatic hydroxyl groups excluding tert-OH is 1. The maximum atomic E-state index is 10.2. The fraction of sp³-hybridized carbons (Fsp3) is 0.524. The zero-order valence-electron chi connectivity index (χ0n) is 17.0. The molecule has 0 radical (unpaired) electrons. The van der Waals surface area contributed by atoms with Crippen LogP contribution in [0.2, 0.25) is 0 Å². The van der Waals surface area contributed by atoms with Crippen molar-refractivity contribution in [2.24, 2.45) is 0 Å². The third-order valence-corrected chi connectivity index (χ3v) is 5.46. The summed E-state index contributed by atoms with van der Waals surface area (Å²) in [7, 11) is 3.62. The fourth-order valence-corrected chi connectivity index (χ4v) is 3.50. The molecule has 0 unspecified atom stereocenters. The Morgan fingerprint density at radius 3 is 2.56 bits per heavy atom. The van der Waals surface area contributed by atoms with Crippen LogP contribution in [0.15, 0.2) is 30.3 Å². The van der Waals surface area contributed by atoms with Gasteiger partial charge in [-0.2, -0.15) is 0 Å². The van der Waals surface area contributed by atoms with Gasteiger partial charge in [0, 0.05) is 35.4 Å². The van der Waals surface area contributed by atoms with Crippen molar-refractivity contribution >= 4 is 11.3 Å². The van der Waals surface area contributed by atoms with Gasteiger partial charge in [0.25, 0.3) is 0 Å². The molecule has 2 aromatic rings. The molecule has 2 rings (SSSR count). The molecule has 0 spiro atoms. The Balaban J connectivity index is 1.89. The van der Waals surface area contributed by atoms with Gasteiger partial charge in [-0.05, 0) is 57.6 Å². The minimum atomic E-state index is -0.550. The van der Waals surface area contributed by atoms with Crippen LogP contribution in [-0.2, 0) is 13.1 Å². The van der Waals surface area contributed by atoms with Crippen molar-refractivity contribution < 1.29 is 14.6 Å². The largest absolute Gasteiger partial charge is 0.493 e. The highest BCUT2D eigenvalue weighted by Crippen LogP contribution is 2.28. The Morgan fingerprint density at radius 1 is 1.15 bits per heavy atom. The maximum absolute atomic E-state index is 10.2. The summed E-state index contributed by atoms with van der Waals surface area (Å²) in [6, 6.07) is 10.6. The number of benzene rings is 1. The van der Waals surface area contributed by atoms with E-state index in [0.717, 1.165) is 18.7 Å². The summed E-state index contributed by atoms with van der Waals surface area (Å²) in [6.45, 7) is 8.72. The van der Waals surface area contributed by atoms with E-state index in [9.17, 15) is 5.11 Å². The number of hydrogen-bond acceptors (Lipinski definition) is 6. The molecule has 1 heterocycles. The number of rotatable bonds is 11. The molecule has 1 aromatic heterocycles. The van der Waals surface area contributed by atoms with Crippen LogP contribution in [0.3, 0.4) is 0 Å². The minimum Gasteiger partial charge on any atom is -0.493 e. The number of ether oxygens (including phenoxy) is 2. The lowest BCUT2D eigenvalue weighted by Crippen LogP contribution is -2.37. The Kier molecular flexibility index (Phi) is 8.57. The molecule has 0 aliphatic rings. The van der Waals surface area contributed by atoms with Crippen LogP contribution in [0.25, 0.3) is 0 Å². The second-order valence-electron chi connectivity index (χ2n) is 7.10. The van der Waals surface area contributed by atoms with E-state index in [0.29, 0.717) is 24.1 Å². The summed E-state index contributed by atoms with van der Waals surface area (Å²) in [6.07, 6.45) is -0.550. The van der Waals surface area contributed by atoms with Gasteiger partial charge in [-0.1, -0.05) is 6.07 Å². The summed E-state index contributed by atoms with van der Waals surface area (Å²) in [5.41, 5.74) is 1.12. The quantitative estimate of drug-likeness (QED) is 0.614. The first kappa shape index (κ1) is 21.7. The van der Waals surface area contributed by atoms with Crippen LogP contribution in [-0.4, -0.2) is 49.5 Å². The lowest BCUT2D eigenvalue weighted by molar-refractivity contribution is 0.0668. The topological polar surface area (TPSA) is 54.0 Å².